The first-order valence-corrected chi connectivity index (χ1v) is 6.39. The molecule has 0 bridgehead atoms. The standard InChI is InChI=1S/C14H20F3NO/c1-3-13(4-2,10-19)9-18-12-8-6-5-7-11(12)14(15,16)17/h5-8,18-19H,3-4,9-10H2,1-2H3. The maximum atomic E-state index is 12.8. The highest BCUT2D eigenvalue weighted by Gasteiger charge is 2.34. The normalized spacial score (nSPS) is 12.5. The number of nitrogens with one attached hydrogen (secondary N) is 1. The van der Waals surface area contributed by atoms with E-state index in [0.29, 0.717) is 19.4 Å². The Morgan fingerprint density at radius 2 is 1.68 bits per heavy atom. The van der Waals surface area contributed by atoms with E-state index in [0.717, 1.165) is 6.07 Å². The minimum atomic E-state index is -4.37. The lowest BCUT2D eigenvalue weighted by atomic mass is 9.83. The minimum Gasteiger partial charge on any atom is -0.396 e. The molecule has 1 aromatic carbocycles. The summed E-state index contributed by atoms with van der Waals surface area (Å²) in [5, 5.41) is 12.3. The molecule has 1 aromatic rings. The molecule has 0 amide bonds. The maximum Gasteiger partial charge on any atom is 0.418 e. The largest absolute Gasteiger partial charge is 0.418 e. The van der Waals surface area contributed by atoms with Crippen molar-refractivity contribution in [3.05, 3.63) is 29.8 Å². The molecule has 0 atom stereocenters. The van der Waals surface area contributed by atoms with E-state index in [4.69, 9.17) is 0 Å². The predicted molar refractivity (Wildman–Crippen MR) is 70.0 cm³/mol. The quantitative estimate of drug-likeness (QED) is 0.824. The summed E-state index contributed by atoms with van der Waals surface area (Å²) in [5.74, 6) is 0. The van der Waals surface area contributed by atoms with Crippen LogP contribution in [0.3, 0.4) is 0 Å². The van der Waals surface area contributed by atoms with Gasteiger partial charge in [0.05, 0.1) is 12.2 Å². The first-order chi connectivity index (χ1) is 8.88. The van der Waals surface area contributed by atoms with Crippen LogP contribution in [0.15, 0.2) is 24.3 Å². The number of para-hydroxylation sites is 1. The second kappa shape index (κ2) is 6.28. The van der Waals surface area contributed by atoms with Gasteiger partial charge in [0.25, 0.3) is 0 Å². The van der Waals surface area contributed by atoms with Crippen LogP contribution in [0.5, 0.6) is 0 Å². The van der Waals surface area contributed by atoms with Crippen molar-refractivity contribution in [2.75, 3.05) is 18.5 Å². The summed E-state index contributed by atoms with van der Waals surface area (Å²) in [4.78, 5) is 0. The molecule has 5 heteroatoms. The van der Waals surface area contributed by atoms with Gasteiger partial charge in [0, 0.05) is 17.6 Å². The lowest BCUT2D eigenvalue weighted by molar-refractivity contribution is -0.137. The lowest BCUT2D eigenvalue weighted by Crippen LogP contribution is -2.32. The number of alkyl halides is 3. The smallest absolute Gasteiger partial charge is 0.396 e. The molecule has 0 unspecified atom stereocenters. The van der Waals surface area contributed by atoms with Gasteiger partial charge in [-0.1, -0.05) is 26.0 Å². The summed E-state index contributed by atoms with van der Waals surface area (Å²) in [5.41, 5.74) is -0.984. The van der Waals surface area contributed by atoms with E-state index >= 15 is 0 Å². The van der Waals surface area contributed by atoms with Gasteiger partial charge in [0.1, 0.15) is 0 Å². The summed E-state index contributed by atoms with van der Waals surface area (Å²) >= 11 is 0. The first-order valence-electron chi connectivity index (χ1n) is 6.39. The molecule has 19 heavy (non-hydrogen) atoms. The Morgan fingerprint density at radius 3 is 2.16 bits per heavy atom. The average Bonchev–Trinajstić information content (AvgIpc) is 2.40. The van der Waals surface area contributed by atoms with E-state index < -0.39 is 11.7 Å². The molecule has 108 valence electrons. The second-order valence-electron chi connectivity index (χ2n) is 4.76. The number of halogens is 3. The van der Waals surface area contributed by atoms with Gasteiger partial charge in [-0.25, -0.2) is 0 Å². The Kier molecular flexibility index (Phi) is 5.23. The minimum absolute atomic E-state index is 0.0405. The molecular formula is C14H20F3NO. The fourth-order valence-corrected chi connectivity index (χ4v) is 1.95. The molecule has 0 aliphatic heterocycles. The molecule has 0 aliphatic carbocycles. The maximum absolute atomic E-state index is 12.8. The van der Waals surface area contributed by atoms with Crippen molar-refractivity contribution in [1.29, 1.82) is 0 Å². The van der Waals surface area contributed by atoms with Gasteiger partial charge in [-0.3, -0.25) is 0 Å². The molecule has 0 saturated carbocycles. The van der Waals surface area contributed by atoms with Gasteiger partial charge >= 0.3 is 6.18 Å². The highest BCUT2D eigenvalue weighted by atomic mass is 19.4. The lowest BCUT2D eigenvalue weighted by Gasteiger charge is -2.30. The Balaban J connectivity index is 2.89. The number of aliphatic hydroxyl groups is 1. The van der Waals surface area contributed by atoms with Crippen molar-refractivity contribution in [3.63, 3.8) is 0 Å². The summed E-state index contributed by atoms with van der Waals surface area (Å²) < 4.78 is 38.5. The van der Waals surface area contributed by atoms with E-state index in [1.54, 1.807) is 6.07 Å². The molecule has 0 saturated heterocycles. The number of hydrogen-bond donors (Lipinski definition) is 2. The van der Waals surface area contributed by atoms with E-state index in [9.17, 15) is 18.3 Å². The zero-order valence-corrected chi connectivity index (χ0v) is 11.2. The molecule has 0 fully saturated rings. The van der Waals surface area contributed by atoms with Crippen molar-refractivity contribution < 1.29 is 18.3 Å². The third-order valence-corrected chi connectivity index (χ3v) is 3.72. The zero-order chi connectivity index (χ0) is 14.5. The molecule has 0 spiro atoms. The fraction of sp³-hybridized carbons (Fsp3) is 0.571. The monoisotopic (exact) mass is 275 g/mol. The van der Waals surface area contributed by atoms with Crippen molar-refractivity contribution >= 4 is 5.69 Å². The number of benzene rings is 1. The van der Waals surface area contributed by atoms with Gasteiger partial charge in [-0.05, 0) is 25.0 Å². The van der Waals surface area contributed by atoms with Gasteiger partial charge in [-0.15, -0.1) is 0 Å². The predicted octanol–water partition coefficient (Wildman–Crippen LogP) is 3.92. The molecule has 1 rings (SSSR count). The van der Waals surface area contributed by atoms with Crippen LogP contribution >= 0.6 is 0 Å². The number of anilines is 1. The molecule has 2 N–H and O–H groups in total. The van der Waals surface area contributed by atoms with E-state index in [1.807, 2.05) is 13.8 Å². The van der Waals surface area contributed by atoms with E-state index in [1.165, 1.54) is 12.1 Å². The van der Waals surface area contributed by atoms with E-state index in [2.05, 4.69) is 5.32 Å². The van der Waals surface area contributed by atoms with Crippen molar-refractivity contribution in [1.82, 2.24) is 0 Å². The van der Waals surface area contributed by atoms with Crippen LogP contribution < -0.4 is 5.32 Å². The summed E-state index contributed by atoms with van der Waals surface area (Å²) in [6, 6.07) is 5.40. The van der Waals surface area contributed by atoms with Gasteiger partial charge in [-0.2, -0.15) is 13.2 Å². The molecule has 0 radical (unpaired) electrons. The van der Waals surface area contributed by atoms with Crippen molar-refractivity contribution in [2.45, 2.75) is 32.9 Å². The van der Waals surface area contributed by atoms with Gasteiger partial charge in [0.15, 0.2) is 0 Å². The third-order valence-electron chi connectivity index (χ3n) is 3.72. The number of aliphatic hydroxyl groups excluding tert-OH is 1. The third kappa shape index (κ3) is 3.86. The molecule has 2 nitrogen and oxygen atoms in total. The Hall–Kier alpha value is -1.23. The van der Waals surface area contributed by atoms with Crippen molar-refractivity contribution in [3.8, 4) is 0 Å². The number of rotatable bonds is 6. The highest BCUT2D eigenvalue weighted by Crippen LogP contribution is 2.35. The SMILES string of the molecule is CCC(CC)(CO)CNc1ccccc1C(F)(F)F. The molecule has 0 aliphatic rings. The second-order valence-corrected chi connectivity index (χ2v) is 4.76. The van der Waals surface area contributed by atoms with Crippen LogP contribution in [0, 0.1) is 5.41 Å². The fourth-order valence-electron chi connectivity index (χ4n) is 1.95. The summed E-state index contributed by atoms with van der Waals surface area (Å²) in [6.45, 7) is 4.14. The van der Waals surface area contributed by atoms with Crippen molar-refractivity contribution in [2.24, 2.45) is 5.41 Å². The Bertz CT molecular complexity index is 392. The zero-order valence-electron chi connectivity index (χ0n) is 11.2. The van der Waals surface area contributed by atoms with Gasteiger partial charge in [0.2, 0.25) is 0 Å². The Morgan fingerprint density at radius 1 is 1.11 bits per heavy atom. The van der Waals surface area contributed by atoms with Crippen LogP contribution in [0.4, 0.5) is 18.9 Å². The number of hydrogen-bond acceptors (Lipinski definition) is 2. The Labute approximate surface area is 111 Å². The molecule has 0 aromatic heterocycles. The van der Waals surface area contributed by atoms with Crippen LogP contribution in [0.25, 0.3) is 0 Å². The molecular weight excluding hydrogens is 255 g/mol. The summed E-state index contributed by atoms with van der Waals surface area (Å²) in [7, 11) is 0. The average molecular weight is 275 g/mol. The topological polar surface area (TPSA) is 32.3 Å². The van der Waals surface area contributed by atoms with Gasteiger partial charge < -0.3 is 10.4 Å². The van der Waals surface area contributed by atoms with Crippen LogP contribution in [0.1, 0.15) is 32.3 Å². The molecule has 0 heterocycles. The van der Waals surface area contributed by atoms with Crippen LogP contribution in [-0.2, 0) is 6.18 Å². The summed E-state index contributed by atoms with van der Waals surface area (Å²) in [6.07, 6.45) is -2.95. The van der Waals surface area contributed by atoms with E-state index in [-0.39, 0.29) is 17.7 Å². The van der Waals surface area contributed by atoms with Crippen LogP contribution in [0.2, 0.25) is 0 Å². The highest BCUT2D eigenvalue weighted by molar-refractivity contribution is 5.52. The first kappa shape index (κ1) is 15.8. The van der Waals surface area contributed by atoms with Crippen LogP contribution in [-0.4, -0.2) is 18.3 Å².